The normalized spacial score (nSPS) is 28.4. The number of hydrogen-bond acceptors (Lipinski definition) is 4. The van der Waals surface area contributed by atoms with Crippen molar-refractivity contribution in [1.29, 1.82) is 0 Å². The third-order valence-electron chi connectivity index (χ3n) is 5.92. The summed E-state index contributed by atoms with van der Waals surface area (Å²) in [5.41, 5.74) is 1.97. The number of rotatable bonds is 3. The Hall–Kier alpha value is -0.780. The zero-order valence-electron chi connectivity index (χ0n) is 15.2. The SMILES string of the molecule is CNC1CCC(C2(C)Cc3c(Cl)c(Br)c(C(=O)OC)c(C)c3O2)CC1. The van der Waals surface area contributed by atoms with Gasteiger partial charge >= 0.3 is 5.97 Å². The summed E-state index contributed by atoms with van der Waals surface area (Å²) < 4.78 is 12.0. The molecule has 6 heteroatoms. The second kappa shape index (κ2) is 7.09. The van der Waals surface area contributed by atoms with Crippen molar-refractivity contribution in [2.24, 2.45) is 5.92 Å². The molecule has 0 aromatic heterocycles. The Balaban J connectivity index is 1.93. The highest BCUT2D eigenvalue weighted by Gasteiger charge is 2.45. The molecule has 1 unspecified atom stereocenters. The van der Waals surface area contributed by atoms with Gasteiger partial charge in [0.15, 0.2) is 0 Å². The highest BCUT2D eigenvalue weighted by Crippen LogP contribution is 2.50. The number of benzene rings is 1. The van der Waals surface area contributed by atoms with Crippen LogP contribution in [-0.4, -0.2) is 31.8 Å². The molecule has 25 heavy (non-hydrogen) atoms. The van der Waals surface area contributed by atoms with Crippen molar-refractivity contribution in [2.75, 3.05) is 14.2 Å². The molecule has 138 valence electrons. The van der Waals surface area contributed by atoms with Gasteiger partial charge in [0, 0.05) is 23.6 Å². The van der Waals surface area contributed by atoms with Gasteiger partial charge < -0.3 is 14.8 Å². The molecule has 1 N–H and O–H groups in total. The number of nitrogens with one attached hydrogen (secondary N) is 1. The van der Waals surface area contributed by atoms with Crippen LogP contribution in [0.15, 0.2) is 4.47 Å². The van der Waals surface area contributed by atoms with E-state index >= 15 is 0 Å². The molecule has 1 fully saturated rings. The molecule has 1 saturated carbocycles. The lowest BCUT2D eigenvalue weighted by atomic mass is 9.74. The van der Waals surface area contributed by atoms with E-state index in [1.807, 2.05) is 14.0 Å². The summed E-state index contributed by atoms with van der Waals surface area (Å²) in [4.78, 5) is 12.2. The first-order chi connectivity index (χ1) is 11.8. The van der Waals surface area contributed by atoms with E-state index in [1.54, 1.807) is 0 Å². The molecule has 0 spiro atoms. The van der Waals surface area contributed by atoms with Crippen molar-refractivity contribution >= 4 is 33.5 Å². The molecule has 4 nitrogen and oxygen atoms in total. The Morgan fingerprint density at radius 2 is 2.00 bits per heavy atom. The van der Waals surface area contributed by atoms with Crippen molar-refractivity contribution in [3.05, 3.63) is 26.2 Å². The second-order valence-corrected chi connectivity index (χ2v) is 8.53. The van der Waals surface area contributed by atoms with Crippen LogP contribution in [-0.2, 0) is 11.2 Å². The number of fused-ring (bicyclic) bond motifs is 1. The van der Waals surface area contributed by atoms with Crippen LogP contribution in [0.5, 0.6) is 5.75 Å². The van der Waals surface area contributed by atoms with Crippen LogP contribution in [0.3, 0.4) is 0 Å². The molecule has 2 aliphatic rings. The van der Waals surface area contributed by atoms with Gasteiger partial charge in [-0.25, -0.2) is 4.79 Å². The number of halogens is 2. The molecule has 0 bridgehead atoms. The molecule has 0 radical (unpaired) electrons. The van der Waals surface area contributed by atoms with Crippen molar-refractivity contribution in [1.82, 2.24) is 5.32 Å². The maximum Gasteiger partial charge on any atom is 0.339 e. The van der Waals surface area contributed by atoms with Crippen LogP contribution < -0.4 is 10.1 Å². The summed E-state index contributed by atoms with van der Waals surface area (Å²) in [7, 11) is 3.41. The van der Waals surface area contributed by atoms with Gasteiger partial charge in [-0.2, -0.15) is 0 Å². The summed E-state index contributed by atoms with van der Waals surface area (Å²) >= 11 is 10.1. The highest BCUT2D eigenvalue weighted by atomic mass is 79.9. The highest BCUT2D eigenvalue weighted by molar-refractivity contribution is 9.10. The van der Waals surface area contributed by atoms with Gasteiger partial charge in [0.2, 0.25) is 0 Å². The van der Waals surface area contributed by atoms with E-state index in [1.165, 1.54) is 20.0 Å². The second-order valence-electron chi connectivity index (χ2n) is 7.36. The fourth-order valence-corrected chi connectivity index (χ4v) is 5.27. The minimum absolute atomic E-state index is 0.274. The van der Waals surface area contributed by atoms with Crippen LogP contribution in [0.2, 0.25) is 5.02 Å². The Morgan fingerprint density at radius 3 is 2.56 bits per heavy atom. The number of ether oxygens (including phenoxy) is 2. The van der Waals surface area contributed by atoms with Gasteiger partial charge in [-0.3, -0.25) is 0 Å². The van der Waals surface area contributed by atoms with Gasteiger partial charge in [-0.1, -0.05) is 11.6 Å². The number of carbonyl (C=O) groups is 1. The number of hydrogen-bond donors (Lipinski definition) is 1. The number of esters is 1. The molecule has 1 atom stereocenters. The van der Waals surface area contributed by atoms with Gasteiger partial charge in [0.1, 0.15) is 11.4 Å². The third-order valence-corrected chi connectivity index (χ3v) is 7.36. The fourth-order valence-electron chi connectivity index (χ4n) is 4.33. The zero-order valence-corrected chi connectivity index (χ0v) is 17.5. The minimum Gasteiger partial charge on any atom is -0.486 e. The third kappa shape index (κ3) is 3.19. The lowest BCUT2D eigenvalue weighted by molar-refractivity contribution is 0.0237. The molecular weight excluding hydrogens is 406 g/mol. The van der Waals surface area contributed by atoms with Gasteiger partial charge in [0.05, 0.1) is 22.2 Å². The fraction of sp³-hybridized carbons (Fsp3) is 0.632. The minimum atomic E-state index is -0.402. The van der Waals surface area contributed by atoms with E-state index in [-0.39, 0.29) is 5.60 Å². The zero-order chi connectivity index (χ0) is 18.4. The Labute approximate surface area is 162 Å². The summed E-state index contributed by atoms with van der Waals surface area (Å²) in [5.74, 6) is 0.841. The average molecular weight is 431 g/mol. The molecule has 1 aliphatic heterocycles. The molecule has 1 heterocycles. The van der Waals surface area contributed by atoms with Crippen LogP contribution >= 0.6 is 27.5 Å². The molecular formula is C19H25BrClNO3. The summed E-state index contributed by atoms with van der Waals surface area (Å²) in [5, 5.41) is 3.94. The van der Waals surface area contributed by atoms with Crippen molar-refractivity contribution < 1.29 is 14.3 Å². The van der Waals surface area contributed by atoms with Crippen molar-refractivity contribution in [3.63, 3.8) is 0 Å². The van der Waals surface area contributed by atoms with Crippen LogP contribution in [0.25, 0.3) is 0 Å². The van der Waals surface area contributed by atoms with Crippen LogP contribution in [0.4, 0.5) is 0 Å². The van der Waals surface area contributed by atoms with E-state index in [9.17, 15) is 4.79 Å². The topological polar surface area (TPSA) is 47.6 Å². The summed E-state index contributed by atoms with van der Waals surface area (Å²) in [6, 6.07) is 0.606. The van der Waals surface area contributed by atoms with Gasteiger partial charge in [0.25, 0.3) is 0 Å². The Morgan fingerprint density at radius 1 is 1.36 bits per heavy atom. The lowest BCUT2D eigenvalue weighted by Crippen LogP contribution is -2.43. The van der Waals surface area contributed by atoms with Crippen LogP contribution in [0.1, 0.15) is 54.1 Å². The largest absolute Gasteiger partial charge is 0.486 e. The van der Waals surface area contributed by atoms with Gasteiger partial charge in [-0.05, 0) is 68.4 Å². The summed E-state index contributed by atoms with van der Waals surface area (Å²) in [6.45, 7) is 4.08. The lowest BCUT2D eigenvalue weighted by Gasteiger charge is -2.38. The maximum absolute atomic E-state index is 12.2. The van der Waals surface area contributed by atoms with Gasteiger partial charge in [-0.15, -0.1) is 0 Å². The maximum atomic E-state index is 12.2. The smallest absolute Gasteiger partial charge is 0.339 e. The van der Waals surface area contributed by atoms with Crippen molar-refractivity contribution in [2.45, 2.75) is 57.6 Å². The predicted octanol–water partition coefficient (Wildman–Crippen LogP) is 4.67. The quantitative estimate of drug-likeness (QED) is 0.708. The van der Waals surface area contributed by atoms with E-state index in [0.29, 0.717) is 27.0 Å². The molecule has 1 aromatic carbocycles. The molecule has 1 aromatic rings. The first-order valence-corrected chi connectivity index (χ1v) is 9.94. The number of carbonyl (C=O) groups excluding carboxylic acids is 1. The van der Waals surface area contributed by atoms with Crippen LogP contribution in [0, 0.1) is 12.8 Å². The van der Waals surface area contributed by atoms with E-state index in [4.69, 9.17) is 21.1 Å². The number of methoxy groups -OCH3 is 1. The van der Waals surface area contributed by atoms with E-state index in [0.717, 1.165) is 36.1 Å². The molecule has 3 rings (SSSR count). The molecule has 0 amide bonds. The standard InChI is InChI=1S/C19H25BrClNO3/c1-10-14(18(23)24-4)15(20)16(21)13-9-19(2,25-17(10)13)11-5-7-12(22-3)8-6-11/h11-12,22H,5-9H2,1-4H3. The van der Waals surface area contributed by atoms with Crippen molar-refractivity contribution in [3.8, 4) is 5.75 Å². The van der Waals surface area contributed by atoms with E-state index in [2.05, 4.69) is 28.2 Å². The summed E-state index contributed by atoms with van der Waals surface area (Å²) in [6.07, 6.45) is 5.38. The Kier molecular flexibility index (Phi) is 5.38. The Bertz CT molecular complexity index is 701. The first-order valence-electron chi connectivity index (χ1n) is 8.77. The monoisotopic (exact) mass is 429 g/mol. The average Bonchev–Trinajstić information content (AvgIpc) is 2.99. The molecule has 1 aliphatic carbocycles. The van der Waals surface area contributed by atoms with E-state index < -0.39 is 5.97 Å². The first kappa shape index (κ1) is 19.0. The molecule has 0 saturated heterocycles. The predicted molar refractivity (Wildman–Crippen MR) is 103 cm³/mol.